The molecule has 0 bridgehead atoms. The van der Waals surface area contributed by atoms with Crippen LogP contribution in [0.2, 0.25) is 0 Å². The zero-order valence-corrected chi connectivity index (χ0v) is 14.2. The molecular weight excluding hydrogens is 328 g/mol. The van der Waals surface area contributed by atoms with E-state index in [2.05, 4.69) is 11.9 Å². The molecule has 0 saturated carbocycles. The van der Waals surface area contributed by atoms with Crippen molar-refractivity contribution in [3.8, 4) is 0 Å². The molecule has 2 fully saturated rings. The Balaban J connectivity index is 1.76. The maximum Gasteiger partial charge on any atom is 0.182 e. The van der Waals surface area contributed by atoms with Crippen LogP contribution in [0.5, 0.6) is 0 Å². The summed E-state index contributed by atoms with van der Waals surface area (Å²) >= 11 is 0. The van der Waals surface area contributed by atoms with Crippen LogP contribution >= 0.6 is 0 Å². The smallest absolute Gasteiger partial charge is 0.182 e. The lowest BCUT2D eigenvalue weighted by Crippen LogP contribution is -2.36. The minimum Gasteiger partial charge on any atom is -0.475 e. The van der Waals surface area contributed by atoms with Gasteiger partial charge in [0, 0.05) is 25.6 Å². The third-order valence-corrected chi connectivity index (χ3v) is 4.99. The molecule has 2 saturated heterocycles. The Kier molecular flexibility index (Phi) is 5.88. The number of nitrogens with one attached hydrogen (secondary N) is 1. The summed E-state index contributed by atoms with van der Waals surface area (Å²) in [5.74, 6) is 4.13. The topological polar surface area (TPSA) is 59.8 Å². The number of nitrogens with two attached hydrogens (primary N) is 1. The van der Waals surface area contributed by atoms with Gasteiger partial charge < -0.3 is 15.0 Å². The lowest BCUT2D eigenvalue weighted by atomic mass is 9.93. The number of nitrogens with zero attached hydrogens (tertiary/aromatic N) is 1. The predicted molar refractivity (Wildman–Crippen MR) is 90.5 cm³/mol. The molecule has 3 atom stereocenters. The monoisotopic (exact) mass is 353 g/mol. The second-order valence-corrected chi connectivity index (χ2v) is 6.71. The quantitative estimate of drug-likeness (QED) is 0.628. The van der Waals surface area contributed by atoms with Gasteiger partial charge in [-0.05, 0) is 44.0 Å². The highest BCUT2D eigenvalue weighted by atomic mass is 19.2. The van der Waals surface area contributed by atoms with Crippen LogP contribution in [-0.4, -0.2) is 43.3 Å². The SMILES string of the molecule is C=C(OC1CCNC1)N1C[C@H](ON)CC[C@@H](c2cccc(F)c2F)C1. The Morgan fingerprint density at radius 2 is 2.04 bits per heavy atom. The van der Waals surface area contributed by atoms with Crippen molar-refractivity contribution in [2.24, 2.45) is 5.90 Å². The molecule has 1 unspecified atom stereocenters. The molecule has 25 heavy (non-hydrogen) atoms. The van der Waals surface area contributed by atoms with Crippen LogP contribution in [0.4, 0.5) is 8.78 Å². The number of halogens is 2. The van der Waals surface area contributed by atoms with Crippen molar-refractivity contribution in [1.82, 2.24) is 10.2 Å². The maximum atomic E-state index is 14.2. The van der Waals surface area contributed by atoms with Crippen molar-refractivity contribution in [2.75, 3.05) is 26.2 Å². The number of hydrogen-bond donors (Lipinski definition) is 2. The van der Waals surface area contributed by atoms with Gasteiger partial charge in [0.15, 0.2) is 17.5 Å². The zero-order valence-electron chi connectivity index (χ0n) is 14.2. The molecule has 0 amide bonds. The second kappa shape index (κ2) is 8.12. The first-order valence-corrected chi connectivity index (χ1v) is 8.69. The van der Waals surface area contributed by atoms with Gasteiger partial charge in [0.25, 0.3) is 0 Å². The lowest BCUT2D eigenvalue weighted by molar-refractivity contribution is 0.00753. The Morgan fingerprint density at radius 3 is 2.76 bits per heavy atom. The van der Waals surface area contributed by atoms with Crippen LogP contribution in [0.15, 0.2) is 30.7 Å². The van der Waals surface area contributed by atoms with Gasteiger partial charge in [-0.3, -0.25) is 4.84 Å². The molecule has 138 valence electrons. The molecule has 3 N–H and O–H groups in total. The van der Waals surface area contributed by atoms with E-state index in [1.54, 1.807) is 6.07 Å². The number of benzene rings is 1. The van der Waals surface area contributed by atoms with Gasteiger partial charge in [0.05, 0.1) is 6.10 Å². The summed E-state index contributed by atoms with van der Waals surface area (Å²) in [5.41, 5.74) is 0.373. The Labute approximate surface area is 146 Å². The van der Waals surface area contributed by atoms with Gasteiger partial charge in [0.2, 0.25) is 0 Å². The maximum absolute atomic E-state index is 14.2. The average molecular weight is 353 g/mol. The zero-order chi connectivity index (χ0) is 17.8. The van der Waals surface area contributed by atoms with E-state index in [0.717, 1.165) is 25.6 Å². The Bertz CT molecular complexity index is 608. The first-order chi connectivity index (χ1) is 12.1. The van der Waals surface area contributed by atoms with E-state index < -0.39 is 11.6 Å². The average Bonchev–Trinajstić information content (AvgIpc) is 3.01. The van der Waals surface area contributed by atoms with Gasteiger partial charge in [-0.15, -0.1) is 0 Å². The third-order valence-electron chi connectivity index (χ3n) is 4.99. The molecule has 5 nitrogen and oxygen atoms in total. The van der Waals surface area contributed by atoms with Gasteiger partial charge in [0.1, 0.15) is 6.10 Å². The van der Waals surface area contributed by atoms with E-state index in [4.69, 9.17) is 15.5 Å². The van der Waals surface area contributed by atoms with E-state index in [9.17, 15) is 8.78 Å². The van der Waals surface area contributed by atoms with E-state index in [-0.39, 0.29) is 18.1 Å². The molecule has 2 aliphatic heterocycles. The number of hydrogen-bond acceptors (Lipinski definition) is 5. The van der Waals surface area contributed by atoms with Gasteiger partial charge >= 0.3 is 0 Å². The van der Waals surface area contributed by atoms with Crippen LogP contribution in [0.1, 0.15) is 30.7 Å². The Hall–Kier alpha value is -1.70. The predicted octanol–water partition coefficient (Wildman–Crippen LogP) is 2.25. The summed E-state index contributed by atoms with van der Waals surface area (Å²) in [6, 6.07) is 4.30. The fraction of sp³-hybridized carbons (Fsp3) is 0.556. The van der Waals surface area contributed by atoms with Crippen molar-refractivity contribution in [1.29, 1.82) is 0 Å². The van der Waals surface area contributed by atoms with E-state index in [1.807, 2.05) is 4.90 Å². The fourth-order valence-electron chi connectivity index (χ4n) is 3.56. The second-order valence-electron chi connectivity index (χ2n) is 6.71. The normalized spacial score (nSPS) is 27.2. The minimum absolute atomic E-state index is 0.0809. The molecule has 0 aliphatic carbocycles. The van der Waals surface area contributed by atoms with Crippen molar-refractivity contribution < 1.29 is 18.4 Å². The standard InChI is InChI=1S/C18H25F2N3O2/c1-12(24-14-7-8-22-9-14)23-10-13(5-6-15(11-23)25-21)16-3-2-4-17(19)18(16)20/h2-4,13-15,22H,1,5-11,21H2/t13-,14?,15-/m1/s1. The van der Waals surface area contributed by atoms with Crippen LogP contribution < -0.4 is 11.2 Å². The molecule has 3 rings (SSSR count). The molecular formula is C18H25F2N3O2. The summed E-state index contributed by atoms with van der Waals surface area (Å²) in [4.78, 5) is 6.97. The molecule has 7 heteroatoms. The van der Waals surface area contributed by atoms with Crippen LogP contribution in [0, 0.1) is 11.6 Å². The molecule has 2 aliphatic rings. The first kappa shape index (κ1) is 18.1. The number of likely N-dealkylation sites (tertiary alicyclic amines) is 1. The minimum atomic E-state index is -0.827. The summed E-state index contributed by atoms with van der Waals surface area (Å²) in [7, 11) is 0. The van der Waals surface area contributed by atoms with E-state index in [0.29, 0.717) is 37.4 Å². The molecule has 1 aromatic carbocycles. The van der Waals surface area contributed by atoms with Crippen molar-refractivity contribution in [3.05, 3.63) is 47.9 Å². The van der Waals surface area contributed by atoms with E-state index in [1.165, 1.54) is 6.07 Å². The Morgan fingerprint density at radius 1 is 1.20 bits per heavy atom. The van der Waals surface area contributed by atoms with Gasteiger partial charge in [-0.2, -0.15) is 0 Å². The largest absolute Gasteiger partial charge is 0.475 e. The molecule has 0 spiro atoms. The van der Waals surface area contributed by atoms with Crippen LogP contribution in [0.25, 0.3) is 0 Å². The highest BCUT2D eigenvalue weighted by molar-refractivity contribution is 5.24. The van der Waals surface area contributed by atoms with Crippen LogP contribution in [-0.2, 0) is 9.57 Å². The van der Waals surface area contributed by atoms with Gasteiger partial charge in [-0.1, -0.05) is 12.1 Å². The summed E-state index contributed by atoms with van der Waals surface area (Å²) < 4.78 is 33.8. The lowest BCUT2D eigenvalue weighted by Gasteiger charge is -2.30. The van der Waals surface area contributed by atoms with Crippen molar-refractivity contribution in [2.45, 2.75) is 37.4 Å². The highest BCUT2D eigenvalue weighted by Gasteiger charge is 2.30. The van der Waals surface area contributed by atoms with Crippen molar-refractivity contribution in [3.63, 3.8) is 0 Å². The molecule has 0 radical (unpaired) electrons. The fourth-order valence-corrected chi connectivity index (χ4v) is 3.56. The number of rotatable bonds is 5. The third kappa shape index (κ3) is 4.29. The molecule has 1 aromatic rings. The summed E-state index contributed by atoms with van der Waals surface area (Å²) in [6.45, 7) is 6.74. The molecule has 2 heterocycles. The summed E-state index contributed by atoms with van der Waals surface area (Å²) in [6.07, 6.45) is 2.11. The van der Waals surface area contributed by atoms with Crippen molar-refractivity contribution >= 4 is 0 Å². The van der Waals surface area contributed by atoms with Gasteiger partial charge in [-0.25, -0.2) is 14.7 Å². The van der Waals surface area contributed by atoms with E-state index >= 15 is 0 Å². The first-order valence-electron chi connectivity index (χ1n) is 8.69. The number of ether oxygens (including phenoxy) is 1. The highest BCUT2D eigenvalue weighted by Crippen LogP contribution is 2.31. The van der Waals surface area contributed by atoms with Crippen LogP contribution in [0.3, 0.4) is 0 Å². The summed E-state index contributed by atoms with van der Waals surface area (Å²) in [5, 5.41) is 3.24. The molecule has 0 aromatic heterocycles.